The largest absolute Gasteiger partial charge is 0.493 e. The van der Waals surface area contributed by atoms with Crippen LogP contribution in [-0.4, -0.2) is 38.2 Å². The first-order valence-electron chi connectivity index (χ1n) is 8.67. The van der Waals surface area contributed by atoms with Crippen LogP contribution in [0.15, 0.2) is 36.4 Å². The van der Waals surface area contributed by atoms with Crippen molar-refractivity contribution in [2.45, 2.75) is 27.3 Å². The van der Waals surface area contributed by atoms with E-state index in [0.717, 1.165) is 16.9 Å². The van der Waals surface area contributed by atoms with Gasteiger partial charge in [0.1, 0.15) is 5.75 Å². The molecule has 0 aromatic heterocycles. The third kappa shape index (κ3) is 4.91. The van der Waals surface area contributed by atoms with Crippen LogP contribution in [0, 0.1) is 13.8 Å². The number of ether oxygens (including phenoxy) is 3. The van der Waals surface area contributed by atoms with Crippen LogP contribution in [0.1, 0.15) is 23.6 Å². The predicted octanol–water partition coefficient (Wildman–Crippen LogP) is 3.75. The first-order chi connectivity index (χ1) is 12.5. The third-order valence-electron chi connectivity index (χ3n) is 4.24. The minimum absolute atomic E-state index is 0.0189. The van der Waals surface area contributed by atoms with Crippen molar-refractivity contribution in [3.05, 3.63) is 53.1 Å². The molecule has 0 spiro atoms. The molecule has 0 saturated heterocycles. The number of amides is 1. The molecule has 26 heavy (non-hydrogen) atoms. The Bertz CT molecular complexity index is 758. The van der Waals surface area contributed by atoms with Crippen molar-refractivity contribution in [1.29, 1.82) is 0 Å². The Hall–Kier alpha value is -2.69. The number of methoxy groups -OCH3 is 2. The van der Waals surface area contributed by atoms with Crippen LogP contribution in [0.3, 0.4) is 0 Å². The van der Waals surface area contributed by atoms with Gasteiger partial charge in [0.05, 0.1) is 14.2 Å². The minimum Gasteiger partial charge on any atom is -0.493 e. The van der Waals surface area contributed by atoms with Crippen molar-refractivity contribution in [3.8, 4) is 17.2 Å². The quantitative estimate of drug-likeness (QED) is 0.722. The lowest BCUT2D eigenvalue weighted by molar-refractivity contribution is -0.133. The summed E-state index contributed by atoms with van der Waals surface area (Å²) in [4.78, 5) is 14.3. The van der Waals surface area contributed by atoms with Gasteiger partial charge in [-0.15, -0.1) is 0 Å². The van der Waals surface area contributed by atoms with Crippen LogP contribution in [-0.2, 0) is 11.3 Å². The molecular weight excluding hydrogens is 330 g/mol. The van der Waals surface area contributed by atoms with Crippen molar-refractivity contribution in [2.24, 2.45) is 0 Å². The van der Waals surface area contributed by atoms with Crippen molar-refractivity contribution in [2.75, 3.05) is 27.4 Å². The molecule has 5 heteroatoms. The maximum Gasteiger partial charge on any atom is 0.260 e. The van der Waals surface area contributed by atoms with Crippen LogP contribution < -0.4 is 14.2 Å². The molecule has 5 nitrogen and oxygen atoms in total. The Morgan fingerprint density at radius 2 is 1.65 bits per heavy atom. The van der Waals surface area contributed by atoms with E-state index in [2.05, 4.69) is 0 Å². The molecule has 140 valence electrons. The molecule has 2 aromatic rings. The van der Waals surface area contributed by atoms with E-state index in [1.165, 1.54) is 5.56 Å². The Morgan fingerprint density at radius 1 is 0.962 bits per heavy atom. The van der Waals surface area contributed by atoms with Gasteiger partial charge in [0.25, 0.3) is 5.91 Å². The molecule has 0 aliphatic rings. The van der Waals surface area contributed by atoms with E-state index in [9.17, 15) is 4.79 Å². The molecular formula is C21H27NO4. The van der Waals surface area contributed by atoms with Crippen molar-refractivity contribution < 1.29 is 19.0 Å². The van der Waals surface area contributed by atoms with Gasteiger partial charge < -0.3 is 19.1 Å². The highest BCUT2D eigenvalue weighted by Gasteiger charge is 2.15. The molecule has 0 bridgehead atoms. The van der Waals surface area contributed by atoms with Crippen LogP contribution in [0.25, 0.3) is 0 Å². The van der Waals surface area contributed by atoms with E-state index in [1.54, 1.807) is 19.1 Å². The van der Waals surface area contributed by atoms with Gasteiger partial charge in [-0.25, -0.2) is 0 Å². The van der Waals surface area contributed by atoms with Crippen molar-refractivity contribution >= 4 is 5.91 Å². The Balaban J connectivity index is 2.02. The molecule has 2 rings (SSSR count). The number of likely N-dealkylation sites (N-methyl/N-ethyl adjacent to an activating group) is 1. The summed E-state index contributed by atoms with van der Waals surface area (Å²) in [5.74, 6) is 2.01. The molecule has 0 heterocycles. The minimum atomic E-state index is -0.0535. The summed E-state index contributed by atoms with van der Waals surface area (Å²) in [6.07, 6.45) is 0. The smallest absolute Gasteiger partial charge is 0.260 e. The highest BCUT2D eigenvalue weighted by molar-refractivity contribution is 5.77. The molecule has 0 aliphatic carbocycles. The highest BCUT2D eigenvalue weighted by Crippen LogP contribution is 2.28. The van der Waals surface area contributed by atoms with Gasteiger partial charge in [0, 0.05) is 13.1 Å². The van der Waals surface area contributed by atoms with Crippen LogP contribution >= 0.6 is 0 Å². The van der Waals surface area contributed by atoms with E-state index < -0.39 is 0 Å². The zero-order chi connectivity index (χ0) is 19.1. The van der Waals surface area contributed by atoms with E-state index in [-0.39, 0.29) is 12.5 Å². The van der Waals surface area contributed by atoms with E-state index in [1.807, 2.05) is 57.2 Å². The van der Waals surface area contributed by atoms with Crippen LogP contribution in [0.4, 0.5) is 0 Å². The topological polar surface area (TPSA) is 48.0 Å². The standard InChI is InChI=1S/C21H27NO4/c1-6-22(13-17-8-10-19(24-4)20(12-17)25-5)21(23)14-26-18-9-7-15(2)11-16(18)3/h7-12H,6,13-14H2,1-5H3. The van der Waals surface area contributed by atoms with Gasteiger partial charge in [0.2, 0.25) is 0 Å². The molecule has 1 amide bonds. The summed E-state index contributed by atoms with van der Waals surface area (Å²) < 4.78 is 16.3. The van der Waals surface area contributed by atoms with Gasteiger partial charge in [-0.2, -0.15) is 0 Å². The first-order valence-corrected chi connectivity index (χ1v) is 8.67. The summed E-state index contributed by atoms with van der Waals surface area (Å²) in [5, 5.41) is 0. The molecule has 0 N–H and O–H groups in total. The predicted molar refractivity (Wildman–Crippen MR) is 102 cm³/mol. The van der Waals surface area contributed by atoms with E-state index in [4.69, 9.17) is 14.2 Å². The fraction of sp³-hybridized carbons (Fsp3) is 0.381. The monoisotopic (exact) mass is 357 g/mol. The van der Waals surface area contributed by atoms with E-state index in [0.29, 0.717) is 24.6 Å². The van der Waals surface area contributed by atoms with Crippen molar-refractivity contribution in [1.82, 2.24) is 4.90 Å². The number of rotatable bonds is 8. The highest BCUT2D eigenvalue weighted by atomic mass is 16.5. The van der Waals surface area contributed by atoms with Gasteiger partial charge in [-0.05, 0) is 50.1 Å². The summed E-state index contributed by atoms with van der Waals surface area (Å²) in [6.45, 7) is 7.08. The average Bonchev–Trinajstić information content (AvgIpc) is 2.64. The summed E-state index contributed by atoms with van der Waals surface area (Å²) in [5.41, 5.74) is 3.18. The number of nitrogens with zero attached hydrogens (tertiary/aromatic N) is 1. The molecule has 0 aliphatic heterocycles. The Kier molecular flexibility index (Phi) is 6.89. The molecule has 2 aromatic carbocycles. The lowest BCUT2D eigenvalue weighted by Gasteiger charge is -2.22. The number of hydrogen-bond donors (Lipinski definition) is 0. The second kappa shape index (κ2) is 9.13. The third-order valence-corrected chi connectivity index (χ3v) is 4.24. The molecule has 0 saturated carbocycles. The fourth-order valence-corrected chi connectivity index (χ4v) is 2.77. The average molecular weight is 357 g/mol. The molecule has 0 fully saturated rings. The Morgan fingerprint density at radius 3 is 2.27 bits per heavy atom. The van der Waals surface area contributed by atoms with Crippen LogP contribution in [0.2, 0.25) is 0 Å². The lowest BCUT2D eigenvalue weighted by Crippen LogP contribution is -2.34. The second-order valence-corrected chi connectivity index (χ2v) is 6.15. The molecule has 0 atom stereocenters. The van der Waals surface area contributed by atoms with Gasteiger partial charge in [-0.3, -0.25) is 4.79 Å². The second-order valence-electron chi connectivity index (χ2n) is 6.15. The zero-order valence-corrected chi connectivity index (χ0v) is 16.2. The van der Waals surface area contributed by atoms with Gasteiger partial charge >= 0.3 is 0 Å². The number of carbonyl (C=O) groups excluding carboxylic acids is 1. The van der Waals surface area contributed by atoms with Crippen molar-refractivity contribution in [3.63, 3.8) is 0 Å². The maximum atomic E-state index is 12.6. The van der Waals surface area contributed by atoms with Gasteiger partial charge in [-0.1, -0.05) is 23.8 Å². The normalized spacial score (nSPS) is 10.3. The SMILES string of the molecule is CCN(Cc1ccc(OC)c(OC)c1)C(=O)COc1ccc(C)cc1C. The number of carbonyl (C=O) groups is 1. The summed E-state index contributed by atoms with van der Waals surface area (Å²) >= 11 is 0. The maximum absolute atomic E-state index is 12.6. The fourth-order valence-electron chi connectivity index (χ4n) is 2.77. The number of hydrogen-bond acceptors (Lipinski definition) is 4. The lowest BCUT2D eigenvalue weighted by atomic mass is 10.1. The Labute approximate surface area is 155 Å². The molecule has 0 radical (unpaired) electrons. The molecule has 0 unspecified atom stereocenters. The summed E-state index contributed by atoms with van der Waals surface area (Å²) in [7, 11) is 3.20. The van der Waals surface area contributed by atoms with Gasteiger partial charge in [0.15, 0.2) is 18.1 Å². The number of aryl methyl sites for hydroxylation is 2. The first kappa shape index (κ1) is 19.6. The van der Waals surface area contributed by atoms with Crippen LogP contribution in [0.5, 0.6) is 17.2 Å². The number of benzene rings is 2. The summed E-state index contributed by atoms with van der Waals surface area (Å²) in [6, 6.07) is 11.6. The zero-order valence-electron chi connectivity index (χ0n) is 16.2. The van der Waals surface area contributed by atoms with E-state index >= 15 is 0 Å².